The van der Waals surface area contributed by atoms with Crippen molar-refractivity contribution < 1.29 is 13.6 Å². The second-order valence-electron chi connectivity index (χ2n) is 8.86. The number of carbonyl (C=O) groups excluding carboxylic acids is 1. The van der Waals surface area contributed by atoms with Crippen molar-refractivity contribution in [3.63, 3.8) is 0 Å². The smallest absolute Gasteiger partial charge is 0.256 e. The van der Waals surface area contributed by atoms with Crippen LogP contribution in [0.15, 0.2) is 59.4 Å². The van der Waals surface area contributed by atoms with E-state index in [0.717, 1.165) is 48.3 Å². The van der Waals surface area contributed by atoms with Crippen LogP contribution in [0.2, 0.25) is 0 Å². The SMILES string of the molecule is CCN(CC)CCCNc1nc(Cc2cccc(C(N)=O)c2)c2ccc(=O)n(-c3c(F)cccc3F)c2n1. The molecule has 0 bridgehead atoms. The lowest BCUT2D eigenvalue weighted by Gasteiger charge is -2.18. The minimum Gasteiger partial charge on any atom is -0.366 e. The molecule has 4 aromatic rings. The van der Waals surface area contributed by atoms with Gasteiger partial charge in [0.15, 0.2) is 5.65 Å². The number of fused-ring (bicyclic) bond motifs is 1. The average molecular weight is 521 g/mol. The Bertz CT molecular complexity index is 1500. The normalized spacial score (nSPS) is 11.3. The van der Waals surface area contributed by atoms with Crippen LogP contribution >= 0.6 is 0 Å². The molecule has 8 nitrogen and oxygen atoms in total. The first kappa shape index (κ1) is 26.9. The largest absolute Gasteiger partial charge is 0.366 e. The van der Waals surface area contributed by atoms with Crippen molar-refractivity contribution >= 4 is 22.9 Å². The van der Waals surface area contributed by atoms with E-state index < -0.39 is 28.8 Å². The van der Waals surface area contributed by atoms with Gasteiger partial charge >= 0.3 is 0 Å². The predicted molar refractivity (Wildman–Crippen MR) is 144 cm³/mol. The number of rotatable bonds is 11. The molecule has 198 valence electrons. The molecule has 3 N–H and O–H groups in total. The van der Waals surface area contributed by atoms with Gasteiger partial charge in [0.2, 0.25) is 11.9 Å². The summed E-state index contributed by atoms with van der Waals surface area (Å²) < 4.78 is 30.5. The number of hydrogen-bond donors (Lipinski definition) is 2. The van der Waals surface area contributed by atoms with Crippen molar-refractivity contribution in [1.29, 1.82) is 0 Å². The highest BCUT2D eigenvalue weighted by atomic mass is 19.1. The van der Waals surface area contributed by atoms with Crippen LogP contribution in [-0.4, -0.2) is 51.5 Å². The van der Waals surface area contributed by atoms with E-state index in [1.807, 2.05) is 6.07 Å². The molecule has 2 aromatic heterocycles. The summed E-state index contributed by atoms with van der Waals surface area (Å²) in [4.78, 5) is 36.1. The fourth-order valence-corrected chi connectivity index (χ4v) is 4.38. The first-order valence-corrected chi connectivity index (χ1v) is 12.5. The number of nitrogens with zero attached hydrogens (tertiary/aromatic N) is 4. The highest BCUT2D eigenvalue weighted by Crippen LogP contribution is 2.24. The summed E-state index contributed by atoms with van der Waals surface area (Å²) in [6.45, 7) is 7.53. The van der Waals surface area contributed by atoms with E-state index in [1.165, 1.54) is 12.1 Å². The number of carbonyl (C=O) groups is 1. The molecule has 0 atom stereocenters. The molecule has 0 aliphatic rings. The van der Waals surface area contributed by atoms with E-state index in [9.17, 15) is 18.4 Å². The second-order valence-corrected chi connectivity index (χ2v) is 8.86. The molecule has 0 aliphatic carbocycles. The lowest BCUT2D eigenvalue weighted by Crippen LogP contribution is -2.26. The molecule has 0 spiro atoms. The first-order valence-electron chi connectivity index (χ1n) is 12.5. The fourth-order valence-electron chi connectivity index (χ4n) is 4.38. The van der Waals surface area contributed by atoms with E-state index >= 15 is 0 Å². The molecule has 2 heterocycles. The van der Waals surface area contributed by atoms with E-state index in [2.05, 4.69) is 34.0 Å². The molecule has 38 heavy (non-hydrogen) atoms. The molecule has 4 rings (SSSR count). The number of hydrogen-bond acceptors (Lipinski definition) is 6. The van der Waals surface area contributed by atoms with Gasteiger partial charge in [-0.25, -0.2) is 13.8 Å². The third-order valence-electron chi connectivity index (χ3n) is 6.40. The van der Waals surface area contributed by atoms with Crippen molar-refractivity contribution in [2.24, 2.45) is 5.73 Å². The van der Waals surface area contributed by atoms with Crippen LogP contribution in [0.25, 0.3) is 16.7 Å². The highest BCUT2D eigenvalue weighted by molar-refractivity contribution is 5.93. The number of benzene rings is 2. The van der Waals surface area contributed by atoms with Gasteiger partial charge in [-0.2, -0.15) is 4.98 Å². The van der Waals surface area contributed by atoms with E-state index in [4.69, 9.17) is 5.73 Å². The third kappa shape index (κ3) is 5.86. The zero-order valence-electron chi connectivity index (χ0n) is 21.4. The van der Waals surface area contributed by atoms with Gasteiger partial charge in [0.05, 0.1) is 5.69 Å². The van der Waals surface area contributed by atoms with Crippen LogP contribution in [0.1, 0.15) is 41.9 Å². The van der Waals surface area contributed by atoms with Crippen LogP contribution in [-0.2, 0) is 6.42 Å². The van der Waals surface area contributed by atoms with Crippen LogP contribution in [0, 0.1) is 11.6 Å². The molecule has 0 saturated carbocycles. The summed E-state index contributed by atoms with van der Waals surface area (Å²) >= 11 is 0. The maximum atomic E-state index is 14.8. The van der Waals surface area contributed by atoms with Crippen LogP contribution in [0.5, 0.6) is 0 Å². The zero-order valence-corrected chi connectivity index (χ0v) is 21.4. The number of aromatic nitrogens is 3. The zero-order chi connectivity index (χ0) is 27.2. The number of primary amides is 1. The summed E-state index contributed by atoms with van der Waals surface area (Å²) in [6.07, 6.45) is 1.09. The number of para-hydroxylation sites is 1. The Kier molecular flexibility index (Phi) is 8.42. The molecule has 1 amide bonds. The molecular formula is C28H30F2N6O2. The summed E-state index contributed by atoms with van der Waals surface area (Å²) in [5, 5.41) is 3.65. The van der Waals surface area contributed by atoms with Gasteiger partial charge in [-0.3, -0.25) is 14.2 Å². The summed E-state index contributed by atoms with van der Waals surface area (Å²) in [6, 6.07) is 13.0. The number of amides is 1. The van der Waals surface area contributed by atoms with Gasteiger partial charge in [-0.1, -0.05) is 32.0 Å². The molecule has 2 aromatic carbocycles. The Hall–Kier alpha value is -4.18. The van der Waals surface area contributed by atoms with E-state index in [1.54, 1.807) is 24.3 Å². The monoisotopic (exact) mass is 520 g/mol. The van der Waals surface area contributed by atoms with Crippen LogP contribution in [0.4, 0.5) is 14.7 Å². The standard InChI is InChI=1S/C28H30F2N6O2/c1-3-35(4-2)15-7-14-32-28-33-23(17-18-8-5-9-19(16-18)26(31)38)20-12-13-24(37)36(27(20)34-28)25-21(29)10-6-11-22(25)30/h5-6,8-13,16H,3-4,7,14-15,17H2,1-2H3,(H2,31,38)(H,32,33,34). The molecular weight excluding hydrogens is 490 g/mol. The van der Waals surface area contributed by atoms with Crippen LogP contribution < -0.4 is 16.6 Å². The average Bonchev–Trinajstić information content (AvgIpc) is 2.90. The highest BCUT2D eigenvalue weighted by Gasteiger charge is 2.19. The summed E-state index contributed by atoms with van der Waals surface area (Å²) in [7, 11) is 0. The Labute approximate surface area is 219 Å². The molecule has 0 unspecified atom stereocenters. The van der Waals surface area contributed by atoms with Gasteiger partial charge in [0, 0.05) is 30.0 Å². The van der Waals surface area contributed by atoms with Crippen molar-refractivity contribution in [2.75, 3.05) is 31.5 Å². The van der Waals surface area contributed by atoms with Gasteiger partial charge < -0.3 is 16.0 Å². The van der Waals surface area contributed by atoms with Crippen molar-refractivity contribution in [2.45, 2.75) is 26.7 Å². The quantitative estimate of drug-likeness (QED) is 0.291. The molecule has 0 saturated heterocycles. The lowest BCUT2D eigenvalue weighted by atomic mass is 10.0. The third-order valence-corrected chi connectivity index (χ3v) is 6.40. The maximum absolute atomic E-state index is 14.8. The predicted octanol–water partition coefficient (Wildman–Crippen LogP) is 3.89. The first-order chi connectivity index (χ1) is 18.3. The molecule has 0 radical (unpaired) electrons. The Morgan fingerprint density at radius 3 is 2.42 bits per heavy atom. The fraction of sp³-hybridized carbons (Fsp3) is 0.286. The molecule has 0 fully saturated rings. The molecule has 0 aliphatic heterocycles. The maximum Gasteiger partial charge on any atom is 0.256 e. The van der Waals surface area contributed by atoms with Crippen molar-refractivity contribution in [3.05, 3.63) is 93.4 Å². The summed E-state index contributed by atoms with van der Waals surface area (Å²) in [5.41, 5.74) is 6.00. The minimum absolute atomic E-state index is 0.0730. The topological polar surface area (TPSA) is 106 Å². The van der Waals surface area contributed by atoms with Crippen molar-refractivity contribution in [3.8, 4) is 5.69 Å². The van der Waals surface area contributed by atoms with Crippen LogP contribution in [0.3, 0.4) is 0 Å². The Morgan fingerprint density at radius 1 is 1.03 bits per heavy atom. The van der Waals surface area contributed by atoms with E-state index in [0.29, 0.717) is 23.2 Å². The Balaban J connectivity index is 1.82. The number of nitrogens with one attached hydrogen (secondary N) is 1. The number of anilines is 1. The van der Waals surface area contributed by atoms with Gasteiger partial charge in [0.25, 0.3) is 5.56 Å². The Morgan fingerprint density at radius 2 is 1.74 bits per heavy atom. The van der Waals surface area contributed by atoms with Gasteiger partial charge in [0.1, 0.15) is 17.3 Å². The van der Waals surface area contributed by atoms with E-state index in [-0.39, 0.29) is 18.0 Å². The minimum atomic E-state index is -0.886. The number of halogens is 2. The summed E-state index contributed by atoms with van der Waals surface area (Å²) in [5.74, 6) is -2.10. The van der Waals surface area contributed by atoms with Gasteiger partial charge in [-0.15, -0.1) is 0 Å². The lowest BCUT2D eigenvalue weighted by molar-refractivity contribution is 0.1000. The molecule has 10 heteroatoms. The number of nitrogens with two attached hydrogens (primary N) is 1. The number of pyridine rings is 1. The van der Waals surface area contributed by atoms with Gasteiger partial charge in [-0.05, 0) is 62.0 Å². The van der Waals surface area contributed by atoms with Crippen molar-refractivity contribution in [1.82, 2.24) is 19.4 Å². The second kappa shape index (κ2) is 11.9.